The van der Waals surface area contributed by atoms with Crippen LogP contribution < -0.4 is 14.4 Å². The van der Waals surface area contributed by atoms with Gasteiger partial charge >= 0.3 is 0 Å². The summed E-state index contributed by atoms with van der Waals surface area (Å²) < 4.78 is 11.0. The van der Waals surface area contributed by atoms with Crippen LogP contribution in [0.5, 0.6) is 11.6 Å². The van der Waals surface area contributed by atoms with Crippen molar-refractivity contribution < 1.29 is 14.3 Å². The highest BCUT2D eigenvalue weighted by atomic mass is 35.5. The molecular formula is C16H15ClN2O3. The fourth-order valence-electron chi connectivity index (χ4n) is 2.36. The normalized spacial score (nSPS) is 13.3. The maximum absolute atomic E-state index is 12.9. The number of rotatable bonds is 3. The summed E-state index contributed by atoms with van der Waals surface area (Å²) in [5.74, 6) is 0.795. The lowest BCUT2D eigenvalue weighted by Crippen LogP contribution is -2.38. The molecule has 6 heteroatoms. The first kappa shape index (κ1) is 14.7. The number of fused-ring (bicyclic) bond motifs is 1. The molecule has 1 aliphatic rings. The van der Waals surface area contributed by atoms with Gasteiger partial charge in [0, 0.05) is 11.2 Å². The summed E-state index contributed by atoms with van der Waals surface area (Å²) >= 11 is 5.99. The second kappa shape index (κ2) is 6.23. The van der Waals surface area contributed by atoms with Gasteiger partial charge in [0.25, 0.3) is 5.91 Å². The molecule has 1 aliphatic heterocycles. The van der Waals surface area contributed by atoms with Gasteiger partial charge in [0.15, 0.2) is 0 Å². The number of benzene rings is 1. The van der Waals surface area contributed by atoms with Gasteiger partial charge in [0.05, 0.1) is 18.7 Å². The molecule has 5 nitrogen and oxygen atoms in total. The fraction of sp³-hybridized carbons (Fsp3) is 0.250. The second-order valence-corrected chi connectivity index (χ2v) is 5.14. The minimum Gasteiger partial charge on any atom is -0.493 e. The number of hydrogen-bond donors (Lipinski definition) is 0. The van der Waals surface area contributed by atoms with Crippen molar-refractivity contribution in [3.8, 4) is 11.6 Å². The molecule has 0 radical (unpaired) electrons. The first-order valence-electron chi connectivity index (χ1n) is 7.02. The molecule has 0 bridgehead atoms. The molecule has 0 spiro atoms. The highest BCUT2D eigenvalue weighted by Gasteiger charge is 2.27. The zero-order valence-electron chi connectivity index (χ0n) is 12.1. The van der Waals surface area contributed by atoms with Crippen LogP contribution in [0, 0.1) is 0 Å². The average molecular weight is 319 g/mol. The van der Waals surface area contributed by atoms with Crippen molar-refractivity contribution in [2.75, 3.05) is 24.7 Å². The fourth-order valence-corrected chi connectivity index (χ4v) is 2.52. The minimum atomic E-state index is -0.155. The van der Waals surface area contributed by atoms with E-state index in [9.17, 15) is 4.79 Å². The summed E-state index contributed by atoms with van der Waals surface area (Å²) in [5.41, 5.74) is 1.14. The van der Waals surface area contributed by atoms with Crippen LogP contribution in [0.1, 0.15) is 17.3 Å². The third-order valence-corrected chi connectivity index (χ3v) is 3.55. The summed E-state index contributed by atoms with van der Waals surface area (Å²) in [5, 5.41) is 0.532. The quantitative estimate of drug-likeness (QED) is 0.872. The number of ether oxygens (including phenoxy) is 2. The molecular weight excluding hydrogens is 304 g/mol. The van der Waals surface area contributed by atoms with E-state index in [2.05, 4.69) is 4.98 Å². The Morgan fingerprint density at radius 1 is 1.45 bits per heavy atom. The Morgan fingerprint density at radius 2 is 2.32 bits per heavy atom. The van der Waals surface area contributed by atoms with Crippen LogP contribution in [0.25, 0.3) is 0 Å². The molecule has 2 aromatic rings. The minimum absolute atomic E-state index is 0.155. The van der Waals surface area contributed by atoms with Crippen LogP contribution >= 0.6 is 11.6 Å². The van der Waals surface area contributed by atoms with E-state index >= 15 is 0 Å². The van der Waals surface area contributed by atoms with Crippen molar-refractivity contribution in [1.82, 2.24) is 4.98 Å². The molecule has 2 heterocycles. The van der Waals surface area contributed by atoms with E-state index in [0.29, 0.717) is 47.7 Å². The van der Waals surface area contributed by atoms with E-state index in [-0.39, 0.29) is 5.91 Å². The number of amides is 1. The Hall–Kier alpha value is -2.27. The molecule has 3 rings (SSSR count). The number of hydrogen-bond acceptors (Lipinski definition) is 4. The third-order valence-electron chi connectivity index (χ3n) is 3.31. The zero-order chi connectivity index (χ0) is 15.5. The van der Waals surface area contributed by atoms with Crippen LogP contribution in [-0.4, -0.2) is 30.6 Å². The number of carbonyl (C=O) groups is 1. The summed E-state index contributed by atoms with van der Waals surface area (Å²) in [6.45, 7) is 3.20. The number of halogens is 1. The Labute approximate surface area is 133 Å². The van der Waals surface area contributed by atoms with Crippen molar-refractivity contribution in [3.05, 3.63) is 47.1 Å². The first-order chi connectivity index (χ1) is 10.7. The van der Waals surface area contributed by atoms with Crippen LogP contribution in [0.15, 0.2) is 36.5 Å². The molecule has 0 N–H and O–H groups in total. The van der Waals surface area contributed by atoms with E-state index in [1.807, 2.05) is 13.0 Å². The van der Waals surface area contributed by atoms with Crippen LogP contribution in [0.4, 0.5) is 5.69 Å². The van der Waals surface area contributed by atoms with Gasteiger partial charge in [-0.3, -0.25) is 9.69 Å². The highest BCUT2D eigenvalue weighted by molar-refractivity contribution is 6.31. The predicted octanol–water partition coefficient (Wildman–Crippen LogP) is 3.17. The Bertz CT molecular complexity index is 706. The van der Waals surface area contributed by atoms with Crippen molar-refractivity contribution in [3.63, 3.8) is 0 Å². The molecule has 0 atom stereocenters. The van der Waals surface area contributed by atoms with Crippen molar-refractivity contribution >= 4 is 23.2 Å². The van der Waals surface area contributed by atoms with Crippen LogP contribution in [0.3, 0.4) is 0 Å². The van der Waals surface area contributed by atoms with Gasteiger partial charge in [-0.05, 0) is 37.3 Å². The lowest BCUT2D eigenvalue weighted by atomic mass is 10.1. The molecule has 1 aromatic heterocycles. The number of anilines is 1. The predicted molar refractivity (Wildman–Crippen MR) is 84.0 cm³/mol. The average Bonchev–Trinajstić information content (AvgIpc) is 2.54. The van der Waals surface area contributed by atoms with Crippen LogP contribution in [-0.2, 0) is 0 Å². The molecule has 0 saturated heterocycles. The molecule has 0 aliphatic carbocycles. The smallest absolute Gasteiger partial charge is 0.262 e. The van der Waals surface area contributed by atoms with Gasteiger partial charge < -0.3 is 9.47 Å². The number of nitrogens with zero attached hydrogens (tertiary/aromatic N) is 2. The van der Waals surface area contributed by atoms with E-state index < -0.39 is 0 Å². The lowest BCUT2D eigenvalue weighted by Gasteiger charge is -2.29. The third kappa shape index (κ3) is 2.72. The van der Waals surface area contributed by atoms with E-state index in [1.54, 1.807) is 35.4 Å². The van der Waals surface area contributed by atoms with E-state index in [0.717, 1.165) is 0 Å². The first-order valence-corrected chi connectivity index (χ1v) is 7.40. The highest BCUT2D eigenvalue weighted by Crippen LogP contribution is 2.32. The zero-order valence-corrected chi connectivity index (χ0v) is 12.8. The topological polar surface area (TPSA) is 51.7 Å². The number of aromatic nitrogens is 1. The maximum atomic E-state index is 12.9. The van der Waals surface area contributed by atoms with Gasteiger partial charge in [-0.2, -0.15) is 0 Å². The second-order valence-electron chi connectivity index (χ2n) is 4.71. The van der Waals surface area contributed by atoms with Crippen molar-refractivity contribution in [1.29, 1.82) is 0 Å². The molecule has 0 saturated carbocycles. The SMILES string of the molecule is CCOc1cc(Cl)ccc1C(=O)N1CCOc2ncccc21. The summed E-state index contributed by atoms with van der Waals surface area (Å²) in [6, 6.07) is 8.61. The van der Waals surface area contributed by atoms with E-state index in [4.69, 9.17) is 21.1 Å². The number of carbonyl (C=O) groups excluding carboxylic acids is 1. The molecule has 22 heavy (non-hydrogen) atoms. The Morgan fingerprint density at radius 3 is 3.14 bits per heavy atom. The van der Waals surface area contributed by atoms with E-state index in [1.165, 1.54) is 0 Å². The molecule has 0 fully saturated rings. The van der Waals surface area contributed by atoms with Gasteiger partial charge in [0.1, 0.15) is 18.0 Å². The lowest BCUT2D eigenvalue weighted by molar-refractivity contribution is 0.0972. The van der Waals surface area contributed by atoms with Crippen LogP contribution in [0.2, 0.25) is 5.02 Å². The maximum Gasteiger partial charge on any atom is 0.262 e. The molecule has 1 aromatic carbocycles. The summed E-state index contributed by atoms with van der Waals surface area (Å²) in [4.78, 5) is 18.7. The van der Waals surface area contributed by atoms with Gasteiger partial charge in [-0.25, -0.2) is 4.98 Å². The Balaban J connectivity index is 1.99. The van der Waals surface area contributed by atoms with Crippen molar-refractivity contribution in [2.45, 2.75) is 6.92 Å². The monoisotopic (exact) mass is 318 g/mol. The molecule has 0 unspecified atom stereocenters. The van der Waals surface area contributed by atoms with Gasteiger partial charge in [-0.1, -0.05) is 11.6 Å². The van der Waals surface area contributed by atoms with Gasteiger partial charge in [-0.15, -0.1) is 0 Å². The largest absolute Gasteiger partial charge is 0.493 e. The van der Waals surface area contributed by atoms with Crippen molar-refractivity contribution in [2.24, 2.45) is 0 Å². The standard InChI is InChI=1S/C16H15ClN2O3/c1-2-21-14-10-11(17)5-6-12(14)16(20)19-8-9-22-15-13(19)4-3-7-18-15/h3-7,10H,2,8-9H2,1H3. The molecule has 114 valence electrons. The summed E-state index contributed by atoms with van der Waals surface area (Å²) in [7, 11) is 0. The number of pyridine rings is 1. The summed E-state index contributed by atoms with van der Waals surface area (Å²) in [6.07, 6.45) is 1.64. The Kier molecular flexibility index (Phi) is 4.15. The van der Waals surface area contributed by atoms with Gasteiger partial charge in [0.2, 0.25) is 5.88 Å². The molecule has 1 amide bonds.